The summed E-state index contributed by atoms with van der Waals surface area (Å²) in [6.07, 6.45) is 0. The number of oxazole rings is 2. The molecule has 0 saturated carbocycles. The fourth-order valence-corrected chi connectivity index (χ4v) is 7.14. The van der Waals surface area contributed by atoms with Crippen LogP contribution in [0, 0.1) is 13.1 Å². The summed E-state index contributed by atoms with van der Waals surface area (Å²) in [6, 6.07) is 39.8. The summed E-state index contributed by atoms with van der Waals surface area (Å²) in [5.74, 6) is 0.847. The molecule has 0 fully saturated rings. The van der Waals surface area contributed by atoms with E-state index in [0.717, 1.165) is 22.2 Å². The predicted octanol–water partition coefficient (Wildman–Crippen LogP) is 12.0. The van der Waals surface area contributed by atoms with E-state index in [1.54, 1.807) is 0 Å². The van der Waals surface area contributed by atoms with Gasteiger partial charge in [-0.15, -0.1) is 0 Å². The number of benzene rings is 6. The number of para-hydroxylation sites is 4. The molecule has 0 saturated heterocycles. The van der Waals surface area contributed by atoms with E-state index < -0.39 is 0 Å². The molecule has 49 heavy (non-hydrogen) atoms. The largest absolute Gasteiger partial charge is 0.436 e. The first-order valence-electron chi connectivity index (χ1n) is 16.0. The number of rotatable bonds is 4. The first-order chi connectivity index (χ1) is 23.9. The molecular weight excluding hydrogens is 604 g/mol. The lowest BCUT2D eigenvalue weighted by molar-refractivity contribution is 0.617. The smallest absolute Gasteiger partial charge is 0.227 e. The molecule has 6 aromatic carbocycles. The third-order valence-corrected chi connectivity index (χ3v) is 9.56. The van der Waals surface area contributed by atoms with Crippen molar-refractivity contribution >= 4 is 33.6 Å². The van der Waals surface area contributed by atoms with Crippen molar-refractivity contribution in [3.63, 3.8) is 0 Å². The first kappa shape index (κ1) is 28.5. The zero-order valence-electron chi connectivity index (χ0n) is 26.7. The van der Waals surface area contributed by atoms with Crippen molar-refractivity contribution in [2.75, 3.05) is 0 Å². The van der Waals surface area contributed by atoms with Crippen LogP contribution in [0.25, 0.3) is 88.2 Å². The lowest BCUT2D eigenvalue weighted by Crippen LogP contribution is -2.14. The van der Waals surface area contributed by atoms with Crippen LogP contribution in [0.15, 0.2) is 130 Å². The minimum absolute atomic E-state index is 0.167. The van der Waals surface area contributed by atoms with E-state index in [4.69, 9.17) is 31.9 Å². The van der Waals surface area contributed by atoms with Gasteiger partial charge in [0.15, 0.2) is 22.5 Å². The lowest BCUT2D eigenvalue weighted by Gasteiger charge is -2.22. The van der Waals surface area contributed by atoms with E-state index in [1.807, 2.05) is 78.9 Å². The van der Waals surface area contributed by atoms with Gasteiger partial charge in [-0.2, -0.15) is 0 Å². The van der Waals surface area contributed by atoms with E-state index in [2.05, 4.69) is 66.0 Å². The van der Waals surface area contributed by atoms with Gasteiger partial charge >= 0.3 is 0 Å². The minimum atomic E-state index is -0.167. The Morgan fingerprint density at radius 2 is 1.04 bits per heavy atom. The fraction of sp³-hybridized carbons (Fsp3) is 0.0698. The van der Waals surface area contributed by atoms with Crippen LogP contribution in [0.4, 0.5) is 11.4 Å². The third kappa shape index (κ3) is 4.47. The van der Waals surface area contributed by atoms with Crippen molar-refractivity contribution in [3.8, 4) is 56.3 Å². The average molecular weight is 631 g/mol. The summed E-state index contributed by atoms with van der Waals surface area (Å²) >= 11 is 0. The number of hydrogen-bond donors (Lipinski definition) is 0. The maximum Gasteiger partial charge on any atom is 0.227 e. The molecule has 9 rings (SSSR count). The van der Waals surface area contributed by atoms with Crippen molar-refractivity contribution in [2.24, 2.45) is 0 Å². The maximum absolute atomic E-state index is 8.28. The van der Waals surface area contributed by atoms with E-state index in [0.29, 0.717) is 56.6 Å². The molecule has 6 heteroatoms. The molecule has 2 aromatic heterocycles. The Morgan fingerprint density at radius 3 is 1.63 bits per heavy atom. The molecule has 2 heterocycles. The minimum Gasteiger partial charge on any atom is -0.436 e. The van der Waals surface area contributed by atoms with Gasteiger partial charge in [-0.25, -0.2) is 19.7 Å². The highest BCUT2D eigenvalue weighted by Gasteiger charge is 2.35. The van der Waals surface area contributed by atoms with E-state index >= 15 is 0 Å². The monoisotopic (exact) mass is 630 g/mol. The van der Waals surface area contributed by atoms with Crippen LogP contribution in [0.3, 0.4) is 0 Å². The standard InChI is InChI=1S/C43H26N4O2/c1-43(2)32-12-6-5-11-30(32)31-18-17-25(22-33(31)43)26-23-36(44-3)40(37(24-26)45-4)27-19-28(41-46-34-13-7-9-15-38(34)48-41)21-29(20-27)42-47-35-14-8-10-16-39(35)49-42/h5-24H,1-2H3. The fourth-order valence-electron chi connectivity index (χ4n) is 7.14. The third-order valence-electron chi connectivity index (χ3n) is 9.56. The second-order valence-corrected chi connectivity index (χ2v) is 12.8. The van der Waals surface area contributed by atoms with Crippen molar-refractivity contribution in [1.29, 1.82) is 0 Å². The van der Waals surface area contributed by atoms with Gasteiger partial charge in [-0.3, -0.25) is 0 Å². The average Bonchev–Trinajstić information content (AvgIpc) is 3.84. The van der Waals surface area contributed by atoms with Crippen molar-refractivity contribution in [3.05, 3.63) is 155 Å². The Labute approximate surface area is 282 Å². The first-order valence-corrected chi connectivity index (χ1v) is 16.0. The highest BCUT2D eigenvalue weighted by molar-refractivity contribution is 5.96. The summed E-state index contributed by atoms with van der Waals surface area (Å²) in [5, 5.41) is 0. The van der Waals surface area contributed by atoms with Gasteiger partial charge in [0.05, 0.1) is 13.1 Å². The van der Waals surface area contributed by atoms with Gasteiger partial charge in [-0.1, -0.05) is 86.6 Å². The summed E-state index contributed by atoms with van der Waals surface area (Å²) in [5.41, 5.74) is 12.8. The molecule has 0 atom stereocenters. The molecule has 0 bridgehead atoms. The van der Waals surface area contributed by atoms with Crippen molar-refractivity contribution < 1.29 is 8.83 Å². The molecule has 230 valence electrons. The number of nitrogens with zero attached hydrogens (tertiary/aromatic N) is 4. The lowest BCUT2D eigenvalue weighted by atomic mass is 9.81. The van der Waals surface area contributed by atoms with Gasteiger partial charge in [-0.05, 0) is 93.0 Å². The van der Waals surface area contributed by atoms with E-state index in [-0.39, 0.29) is 5.41 Å². The zero-order valence-corrected chi connectivity index (χ0v) is 26.7. The summed E-state index contributed by atoms with van der Waals surface area (Å²) in [4.78, 5) is 17.5. The Kier molecular flexibility index (Phi) is 6.18. The van der Waals surface area contributed by atoms with Gasteiger partial charge in [0.2, 0.25) is 11.8 Å². The highest BCUT2D eigenvalue weighted by Crippen LogP contribution is 2.51. The number of aromatic nitrogens is 2. The van der Waals surface area contributed by atoms with Crippen LogP contribution in [0.2, 0.25) is 0 Å². The molecule has 0 spiro atoms. The van der Waals surface area contributed by atoms with Crippen molar-refractivity contribution in [1.82, 2.24) is 9.97 Å². The van der Waals surface area contributed by atoms with Crippen LogP contribution < -0.4 is 0 Å². The van der Waals surface area contributed by atoms with Crippen LogP contribution in [0.5, 0.6) is 0 Å². The second kappa shape index (κ2) is 10.6. The molecule has 1 aliphatic rings. The molecule has 0 aliphatic heterocycles. The molecule has 0 radical (unpaired) electrons. The van der Waals surface area contributed by atoms with Crippen LogP contribution in [-0.2, 0) is 5.41 Å². The second-order valence-electron chi connectivity index (χ2n) is 12.8. The summed E-state index contributed by atoms with van der Waals surface area (Å²) in [7, 11) is 0. The van der Waals surface area contributed by atoms with Crippen LogP contribution in [0.1, 0.15) is 25.0 Å². The Bertz CT molecular complexity index is 2540. The van der Waals surface area contributed by atoms with Crippen molar-refractivity contribution in [2.45, 2.75) is 19.3 Å². The number of hydrogen-bond acceptors (Lipinski definition) is 4. The molecule has 1 aliphatic carbocycles. The topological polar surface area (TPSA) is 60.8 Å². The Hall–Kier alpha value is -6.76. The summed E-state index contributed by atoms with van der Waals surface area (Å²) < 4.78 is 12.4. The maximum atomic E-state index is 8.28. The number of fused-ring (bicyclic) bond motifs is 5. The molecule has 0 N–H and O–H groups in total. The molecule has 0 amide bonds. The van der Waals surface area contributed by atoms with Gasteiger partial charge in [0.1, 0.15) is 11.0 Å². The molecular formula is C43H26N4O2. The Balaban J connectivity index is 1.22. The van der Waals surface area contributed by atoms with Crippen LogP contribution >= 0.6 is 0 Å². The Morgan fingerprint density at radius 1 is 0.510 bits per heavy atom. The quantitative estimate of drug-likeness (QED) is 0.182. The van der Waals surface area contributed by atoms with E-state index in [1.165, 1.54) is 22.3 Å². The predicted molar refractivity (Wildman–Crippen MR) is 193 cm³/mol. The van der Waals surface area contributed by atoms with E-state index in [9.17, 15) is 0 Å². The molecule has 8 aromatic rings. The van der Waals surface area contributed by atoms with Gasteiger partial charge in [0, 0.05) is 16.5 Å². The van der Waals surface area contributed by atoms with Crippen LogP contribution in [-0.4, -0.2) is 9.97 Å². The molecule has 0 unspecified atom stereocenters. The summed E-state index contributed by atoms with van der Waals surface area (Å²) in [6.45, 7) is 21.1. The molecule has 6 nitrogen and oxygen atoms in total. The SMILES string of the molecule is [C-]#[N+]c1cc(-c2ccc3c(c2)C(C)(C)c2ccccc2-3)cc([N+]#[C-])c1-c1cc(-c2nc3ccccc3o2)cc(-c2nc3ccccc3o2)c1. The van der Waals surface area contributed by atoms with Gasteiger partial charge < -0.3 is 8.83 Å². The highest BCUT2D eigenvalue weighted by atomic mass is 16.4. The normalized spacial score (nSPS) is 12.8. The zero-order chi connectivity index (χ0) is 33.3. The van der Waals surface area contributed by atoms with Gasteiger partial charge in [0.25, 0.3) is 0 Å².